The van der Waals surface area contributed by atoms with Gasteiger partial charge in [-0.3, -0.25) is 0 Å². The van der Waals surface area contributed by atoms with Crippen molar-refractivity contribution < 1.29 is 0 Å². The van der Waals surface area contributed by atoms with Crippen LogP contribution < -0.4 is 0 Å². The quantitative estimate of drug-likeness (QED) is 0.593. The molecule has 0 unspecified atom stereocenters. The molecule has 0 aliphatic carbocycles. The Balaban J connectivity index is 3.01. The van der Waals surface area contributed by atoms with E-state index in [9.17, 15) is 0 Å². The molecule has 0 amide bonds. The van der Waals surface area contributed by atoms with E-state index in [0.29, 0.717) is 5.01 Å². The first-order valence-electron chi connectivity index (χ1n) is 3.40. The van der Waals surface area contributed by atoms with Gasteiger partial charge in [0.1, 0.15) is 6.07 Å². The van der Waals surface area contributed by atoms with Gasteiger partial charge in [-0.2, -0.15) is 5.26 Å². The van der Waals surface area contributed by atoms with E-state index >= 15 is 0 Å². The molecule has 0 aliphatic heterocycles. The molecule has 0 radical (unpaired) electrons. The lowest BCUT2D eigenvalue weighted by Gasteiger charge is -2.13. The number of hydrogen-bond acceptors (Lipinski definition) is 3. The van der Waals surface area contributed by atoms with Crippen LogP contribution in [0.15, 0.2) is 6.20 Å². The Labute approximate surface area is 70.5 Å². The third-order valence-corrected chi connectivity index (χ3v) is 2.67. The summed E-state index contributed by atoms with van der Waals surface area (Å²) in [5.74, 6) is 0. The van der Waals surface area contributed by atoms with Crippen LogP contribution in [0.5, 0.6) is 0 Å². The number of nitriles is 1. The molecular formula is C8H10N2S. The van der Waals surface area contributed by atoms with E-state index in [4.69, 9.17) is 5.26 Å². The van der Waals surface area contributed by atoms with Crippen LogP contribution in [0.1, 0.15) is 30.7 Å². The molecule has 11 heavy (non-hydrogen) atoms. The van der Waals surface area contributed by atoms with Crippen LogP contribution in [0.2, 0.25) is 0 Å². The monoisotopic (exact) mass is 166 g/mol. The summed E-state index contributed by atoms with van der Waals surface area (Å²) in [5, 5.41) is 9.07. The number of nitrogens with zero attached hydrogens (tertiary/aromatic N) is 2. The Kier molecular flexibility index (Phi) is 1.97. The Morgan fingerprint density at radius 3 is 2.45 bits per heavy atom. The van der Waals surface area contributed by atoms with Gasteiger partial charge in [0, 0.05) is 11.1 Å². The molecule has 0 saturated heterocycles. The summed E-state index contributed by atoms with van der Waals surface area (Å²) in [6, 6.07) is 2.03. The summed E-state index contributed by atoms with van der Waals surface area (Å²) < 4.78 is 0. The fourth-order valence-electron chi connectivity index (χ4n) is 0.673. The molecule has 0 atom stereocenters. The van der Waals surface area contributed by atoms with Gasteiger partial charge in [-0.1, -0.05) is 20.8 Å². The van der Waals surface area contributed by atoms with Crippen molar-refractivity contribution in [2.24, 2.45) is 0 Å². The molecule has 2 nitrogen and oxygen atoms in total. The van der Waals surface area contributed by atoms with Crippen molar-refractivity contribution in [1.82, 2.24) is 4.98 Å². The molecule has 58 valence electrons. The highest BCUT2D eigenvalue weighted by Gasteiger charge is 2.16. The summed E-state index contributed by atoms with van der Waals surface area (Å²) in [4.78, 5) is 5.12. The largest absolute Gasteiger partial charge is 0.234 e. The van der Waals surface area contributed by atoms with Crippen LogP contribution in [0.25, 0.3) is 0 Å². The van der Waals surface area contributed by atoms with E-state index in [1.54, 1.807) is 6.20 Å². The molecule has 0 N–H and O–H groups in total. The minimum atomic E-state index is 0.118. The Bertz CT molecular complexity index is 288. The molecule has 0 bridgehead atoms. The minimum Gasteiger partial charge on any atom is -0.234 e. The van der Waals surface area contributed by atoms with Crippen molar-refractivity contribution in [2.45, 2.75) is 26.2 Å². The van der Waals surface area contributed by atoms with E-state index in [1.807, 2.05) is 6.07 Å². The molecule has 0 aromatic carbocycles. The molecule has 0 fully saturated rings. The van der Waals surface area contributed by atoms with E-state index in [2.05, 4.69) is 25.8 Å². The van der Waals surface area contributed by atoms with Crippen LogP contribution in [-0.2, 0) is 5.41 Å². The van der Waals surface area contributed by atoms with Crippen LogP contribution in [0, 0.1) is 11.3 Å². The minimum absolute atomic E-state index is 0.118. The molecule has 1 aromatic heterocycles. The lowest BCUT2D eigenvalue weighted by molar-refractivity contribution is 0.602. The molecule has 3 heteroatoms. The first-order valence-corrected chi connectivity index (χ1v) is 4.22. The molecule has 0 saturated carbocycles. The molecule has 0 aliphatic rings. The van der Waals surface area contributed by atoms with Gasteiger partial charge in [0.2, 0.25) is 0 Å². The third kappa shape index (κ3) is 1.78. The number of aromatic nitrogens is 1. The highest BCUT2D eigenvalue weighted by atomic mass is 32.1. The smallest absolute Gasteiger partial charge is 0.194 e. The zero-order valence-electron chi connectivity index (χ0n) is 6.88. The van der Waals surface area contributed by atoms with Gasteiger partial charge >= 0.3 is 0 Å². The van der Waals surface area contributed by atoms with Gasteiger partial charge in [-0.15, -0.1) is 11.3 Å². The average molecular weight is 166 g/mol. The summed E-state index contributed by atoms with van der Waals surface area (Å²) in [5.41, 5.74) is 0.118. The van der Waals surface area contributed by atoms with Crippen LogP contribution in [0.4, 0.5) is 0 Å². The fourth-order valence-corrected chi connectivity index (χ4v) is 1.44. The van der Waals surface area contributed by atoms with Gasteiger partial charge < -0.3 is 0 Å². The van der Waals surface area contributed by atoms with E-state index in [-0.39, 0.29) is 5.41 Å². The third-order valence-electron chi connectivity index (χ3n) is 1.34. The maximum absolute atomic E-state index is 8.51. The maximum atomic E-state index is 8.51. The van der Waals surface area contributed by atoms with Crippen molar-refractivity contribution in [3.05, 3.63) is 16.1 Å². The Morgan fingerprint density at radius 1 is 1.55 bits per heavy atom. The van der Waals surface area contributed by atoms with E-state index in [1.165, 1.54) is 11.3 Å². The first-order chi connectivity index (χ1) is 5.04. The zero-order chi connectivity index (χ0) is 8.48. The van der Waals surface area contributed by atoms with Crippen LogP contribution in [0.3, 0.4) is 0 Å². The predicted molar refractivity (Wildman–Crippen MR) is 45.5 cm³/mol. The highest BCUT2D eigenvalue weighted by Crippen LogP contribution is 2.26. The molecule has 1 aromatic rings. The van der Waals surface area contributed by atoms with Crippen molar-refractivity contribution in [1.29, 1.82) is 5.26 Å². The molecule has 1 heterocycles. The normalized spacial score (nSPS) is 11.1. The first kappa shape index (κ1) is 8.22. The summed E-state index contributed by atoms with van der Waals surface area (Å²) >= 11 is 1.47. The predicted octanol–water partition coefficient (Wildman–Crippen LogP) is 2.31. The Hall–Kier alpha value is -0.880. The van der Waals surface area contributed by atoms with Crippen molar-refractivity contribution in [3.63, 3.8) is 0 Å². The fraction of sp³-hybridized carbons (Fsp3) is 0.500. The van der Waals surface area contributed by atoms with E-state index < -0.39 is 0 Å². The van der Waals surface area contributed by atoms with Gasteiger partial charge in [0.25, 0.3) is 0 Å². The number of thiazole rings is 1. The van der Waals surface area contributed by atoms with Gasteiger partial charge in [0.15, 0.2) is 5.01 Å². The van der Waals surface area contributed by atoms with Gasteiger partial charge in [-0.25, -0.2) is 4.98 Å². The topological polar surface area (TPSA) is 36.7 Å². The van der Waals surface area contributed by atoms with Gasteiger partial charge in [0.05, 0.1) is 0 Å². The standard InChI is InChI=1S/C8H10N2S/c1-8(2,3)6-5-10-7(4-9)11-6/h5H,1-3H3. The lowest BCUT2D eigenvalue weighted by atomic mass is 9.96. The summed E-state index contributed by atoms with van der Waals surface area (Å²) in [7, 11) is 0. The van der Waals surface area contributed by atoms with Gasteiger partial charge in [-0.05, 0) is 5.41 Å². The SMILES string of the molecule is CC(C)(C)c1cnc(C#N)s1. The Morgan fingerprint density at radius 2 is 2.18 bits per heavy atom. The average Bonchev–Trinajstić information content (AvgIpc) is 2.32. The second kappa shape index (κ2) is 2.63. The van der Waals surface area contributed by atoms with Crippen LogP contribution >= 0.6 is 11.3 Å². The van der Waals surface area contributed by atoms with Crippen LogP contribution in [-0.4, -0.2) is 4.98 Å². The summed E-state index contributed by atoms with van der Waals surface area (Å²) in [6.07, 6.45) is 1.78. The second-order valence-electron chi connectivity index (χ2n) is 3.39. The molecule has 1 rings (SSSR count). The maximum Gasteiger partial charge on any atom is 0.194 e. The zero-order valence-corrected chi connectivity index (χ0v) is 7.70. The molecular weight excluding hydrogens is 156 g/mol. The number of hydrogen-bond donors (Lipinski definition) is 0. The van der Waals surface area contributed by atoms with Crippen molar-refractivity contribution >= 4 is 11.3 Å². The number of rotatable bonds is 0. The highest BCUT2D eigenvalue weighted by molar-refractivity contribution is 7.12. The molecule has 0 spiro atoms. The van der Waals surface area contributed by atoms with Crippen molar-refractivity contribution in [3.8, 4) is 6.07 Å². The van der Waals surface area contributed by atoms with Crippen molar-refractivity contribution in [2.75, 3.05) is 0 Å². The summed E-state index contributed by atoms with van der Waals surface area (Å²) in [6.45, 7) is 6.34. The van der Waals surface area contributed by atoms with E-state index in [0.717, 1.165) is 4.88 Å². The lowest BCUT2D eigenvalue weighted by Crippen LogP contribution is -2.07. The second-order valence-corrected chi connectivity index (χ2v) is 4.42.